The predicted octanol–water partition coefficient (Wildman–Crippen LogP) is 2.40. The molecule has 5 heteroatoms. The van der Waals surface area contributed by atoms with Crippen molar-refractivity contribution in [1.29, 1.82) is 0 Å². The molecule has 0 spiro atoms. The van der Waals surface area contributed by atoms with Gasteiger partial charge in [0, 0.05) is 29.0 Å². The summed E-state index contributed by atoms with van der Waals surface area (Å²) in [6.07, 6.45) is 1.76. The van der Waals surface area contributed by atoms with Gasteiger partial charge in [0.1, 0.15) is 0 Å². The van der Waals surface area contributed by atoms with E-state index in [1.165, 1.54) is 12.1 Å². The summed E-state index contributed by atoms with van der Waals surface area (Å²) in [6.45, 7) is 0. The number of rotatable bonds is 1. The van der Waals surface area contributed by atoms with Crippen LogP contribution in [-0.4, -0.2) is 16.9 Å². The van der Waals surface area contributed by atoms with E-state index < -0.39 is 4.92 Å². The molecule has 0 bridgehead atoms. The maximum Gasteiger partial charge on any atom is 0.271 e. The Kier molecular flexibility index (Phi) is 2.02. The number of aliphatic imine (C=N–C) groups is 1. The van der Waals surface area contributed by atoms with Crippen molar-refractivity contribution in [2.75, 3.05) is 5.75 Å². The molecule has 0 fully saturated rings. The van der Waals surface area contributed by atoms with Crippen LogP contribution in [0.3, 0.4) is 0 Å². The minimum absolute atomic E-state index is 0.0957. The summed E-state index contributed by atoms with van der Waals surface area (Å²) in [5.41, 5.74) is 0.795. The van der Waals surface area contributed by atoms with Gasteiger partial charge in [-0.15, -0.1) is 11.8 Å². The largest absolute Gasteiger partial charge is 0.271 e. The number of nitrogens with zero attached hydrogens (tertiary/aromatic N) is 2. The summed E-state index contributed by atoms with van der Waals surface area (Å²) < 4.78 is 0. The Morgan fingerprint density at radius 2 is 2.38 bits per heavy atom. The number of benzene rings is 1. The van der Waals surface area contributed by atoms with E-state index in [9.17, 15) is 10.1 Å². The van der Waals surface area contributed by atoms with Crippen molar-refractivity contribution in [2.45, 2.75) is 4.90 Å². The zero-order chi connectivity index (χ0) is 9.26. The molecule has 1 aliphatic rings. The number of thioether (sulfide) groups is 1. The van der Waals surface area contributed by atoms with Crippen molar-refractivity contribution in [3.8, 4) is 0 Å². The van der Waals surface area contributed by atoms with Crippen LogP contribution in [0.4, 0.5) is 11.4 Å². The number of non-ortho nitro benzene ring substituents is 1. The van der Waals surface area contributed by atoms with Crippen LogP contribution in [-0.2, 0) is 0 Å². The highest BCUT2D eigenvalue weighted by molar-refractivity contribution is 8.00. The number of nitro benzene ring substituents is 1. The summed E-state index contributed by atoms with van der Waals surface area (Å²) in [5, 5.41) is 10.4. The summed E-state index contributed by atoms with van der Waals surface area (Å²) in [4.78, 5) is 15.1. The fourth-order valence-corrected chi connectivity index (χ4v) is 1.86. The fraction of sp³-hybridized carbons (Fsp3) is 0.125. The molecule has 1 aromatic carbocycles. The van der Waals surface area contributed by atoms with Gasteiger partial charge in [-0.1, -0.05) is 0 Å². The van der Waals surface area contributed by atoms with Crippen LogP contribution in [0.25, 0.3) is 0 Å². The van der Waals surface area contributed by atoms with E-state index >= 15 is 0 Å². The van der Waals surface area contributed by atoms with Crippen LogP contribution in [0.15, 0.2) is 28.1 Å². The van der Waals surface area contributed by atoms with Crippen LogP contribution < -0.4 is 0 Å². The second-order valence-electron chi connectivity index (χ2n) is 2.53. The molecule has 0 aliphatic carbocycles. The van der Waals surface area contributed by atoms with Crippen LogP contribution in [0.5, 0.6) is 0 Å². The van der Waals surface area contributed by atoms with Crippen molar-refractivity contribution < 1.29 is 4.92 Å². The van der Waals surface area contributed by atoms with E-state index in [1.54, 1.807) is 24.0 Å². The first-order valence-corrected chi connectivity index (χ1v) is 4.70. The maximum absolute atomic E-state index is 10.4. The van der Waals surface area contributed by atoms with Crippen LogP contribution in [0, 0.1) is 10.1 Å². The monoisotopic (exact) mass is 194 g/mol. The van der Waals surface area contributed by atoms with Crippen LogP contribution in [0.1, 0.15) is 0 Å². The third-order valence-corrected chi connectivity index (χ3v) is 2.67. The lowest BCUT2D eigenvalue weighted by molar-refractivity contribution is -0.384. The fourth-order valence-electron chi connectivity index (χ4n) is 1.10. The molecule has 13 heavy (non-hydrogen) atoms. The molecule has 0 aromatic heterocycles. The molecule has 4 nitrogen and oxygen atoms in total. The maximum atomic E-state index is 10.4. The third kappa shape index (κ3) is 1.55. The molecule has 0 amide bonds. The number of hydrogen-bond acceptors (Lipinski definition) is 4. The van der Waals surface area contributed by atoms with E-state index in [0.717, 1.165) is 10.6 Å². The van der Waals surface area contributed by atoms with Gasteiger partial charge < -0.3 is 0 Å². The Labute approximate surface area is 78.8 Å². The molecule has 1 heterocycles. The predicted molar refractivity (Wildman–Crippen MR) is 52.0 cm³/mol. The number of nitro groups is 1. The van der Waals surface area contributed by atoms with Crippen molar-refractivity contribution in [3.63, 3.8) is 0 Å². The summed E-state index contributed by atoms with van der Waals surface area (Å²) in [7, 11) is 0. The molecule has 1 aromatic rings. The minimum atomic E-state index is -0.408. The average Bonchev–Trinajstić information content (AvgIpc) is 2.17. The second-order valence-corrected chi connectivity index (χ2v) is 3.59. The molecule has 0 unspecified atom stereocenters. The third-order valence-electron chi connectivity index (χ3n) is 1.70. The molecular weight excluding hydrogens is 188 g/mol. The van der Waals surface area contributed by atoms with E-state index in [0.29, 0.717) is 5.69 Å². The van der Waals surface area contributed by atoms with Crippen molar-refractivity contribution in [2.24, 2.45) is 4.99 Å². The Bertz CT molecular complexity index is 390. The Hall–Kier alpha value is -1.36. The van der Waals surface area contributed by atoms with Crippen molar-refractivity contribution in [1.82, 2.24) is 0 Å². The SMILES string of the molecule is O=[N+]([O-])c1ccc2c(c1)N=CCS2. The van der Waals surface area contributed by atoms with Gasteiger partial charge in [-0.3, -0.25) is 15.1 Å². The highest BCUT2D eigenvalue weighted by Crippen LogP contribution is 2.34. The van der Waals surface area contributed by atoms with Gasteiger partial charge in [0.25, 0.3) is 5.69 Å². The normalized spacial score (nSPS) is 13.8. The molecule has 2 rings (SSSR count). The lowest BCUT2D eigenvalue weighted by Gasteiger charge is -2.07. The number of fused-ring (bicyclic) bond motifs is 1. The molecule has 0 radical (unpaired) electrons. The summed E-state index contributed by atoms with van der Waals surface area (Å²) in [5.74, 6) is 0.838. The first-order chi connectivity index (χ1) is 6.27. The second kappa shape index (κ2) is 3.18. The van der Waals surface area contributed by atoms with Crippen LogP contribution in [0.2, 0.25) is 0 Å². The molecule has 1 aliphatic heterocycles. The van der Waals surface area contributed by atoms with Gasteiger partial charge in [-0.2, -0.15) is 0 Å². The topological polar surface area (TPSA) is 55.5 Å². The van der Waals surface area contributed by atoms with Gasteiger partial charge >= 0.3 is 0 Å². The number of hydrogen-bond donors (Lipinski definition) is 0. The van der Waals surface area contributed by atoms with Gasteiger partial charge in [0.05, 0.1) is 10.6 Å². The summed E-state index contributed by atoms with van der Waals surface area (Å²) >= 11 is 1.64. The van der Waals surface area contributed by atoms with E-state index in [4.69, 9.17) is 0 Å². The van der Waals surface area contributed by atoms with E-state index in [1.807, 2.05) is 0 Å². The first-order valence-electron chi connectivity index (χ1n) is 3.71. The molecule has 66 valence electrons. The van der Waals surface area contributed by atoms with Crippen molar-refractivity contribution >= 4 is 29.4 Å². The van der Waals surface area contributed by atoms with Gasteiger partial charge in [0.15, 0.2) is 0 Å². The Morgan fingerprint density at radius 1 is 1.54 bits per heavy atom. The van der Waals surface area contributed by atoms with E-state index in [2.05, 4.69) is 4.99 Å². The summed E-state index contributed by atoms with van der Waals surface area (Å²) in [6, 6.07) is 4.75. The van der Waals surface area contributed by atoms with Gasteiger partial charge in [-0.05, 0) is 6.07 Å². The van der Waals surface area contributed by atoms with Gasteiger partial charge in [0.2, 0.25) is 0 Å². The zero-order valence-corrected chi connectivity index (χ0v) is 7.45. The molecule has 0 atom stereocenters. The quantitative estimate of drug-likeness (QED) is 0.509. The average molecular weight is 194 g/mol. The van der Waals surface area contributed by atoms with E-state index in [-0.39, 0.29) is 5.69 Å². The molecule has 0 saturated carbocycles. The zero-order valence-electron chi connectivity index (χ0n) is 6.64. The highest BCUT2D eigenvalue weighted by Gasteiger charge is 2.11. The Morgan fingerprint density at radius 3 is 3.15 bits per heavy atom. The lowest BCUT2D eigenvalue weighted by Crippen LogP contribution is -1.91. The first kappa shape index (κ1) is 8.25. The molecule has 0 saturated heterocycles. The van der Waals surface area contributed by atoms with Crippen LogP contribution >= 0.6 is 11.8 Å². The van der Waals surface area contributed by atoms with Crippen molar-refractivity contribution in [3.05, 3.63) is 28.3 Å². The molecule has 0 N–H and O–H groups in total. The smallest absolute Gasteiger partial charge is 0.259 e. The van der Waals surface area contributed by atoms with Gasteiger partial charge in [-0.25, -0.2) is 0 Å². The molecular formula is C8H6N2O2S. The minimum Gasteiger partial charge on any atom is -0.259 e. The highest BCUT2D eigenvalue weighted by atomic mass is 32.2. The Balaban J connectivity index is 2.48. The standard InChI is InChI=1S/C8H6N2O2S/c11-10(12)6-1-2-8-7(5-6)9-3-4-13-8/h1-3,5H,4H2. The lowest BCUT2D eigenvalue weighted by atomic mass is 10.3.